The van der Waals surface area contributed by atoms with E-state index in [1.807, 2.05) is 0 Å². The predicted octanol–water partition coefficient (Wildman–Crippen LogP) is 1.54. The van der Waals surface area contributed by atoms with Crippen molar-refractivity contribution in [3.8, 4) is 0 Å². The summed E-state index contributed by atoms with van der Waals surface area (Å²) in [5, 5.41) is 4.06. The quantitative estimate of drug-likeness (QED) is 0.900. The van der Waals surface area contributed by atoms with Crippen molar-refractivity contribution in [2.75, 3.05) is 19.6 Å². The van der Waals surface area contributed by atoms with Crippen molar-refractivity contribution in [2.24, 2.45) is 11.7 Å². The SMILES string of the molecule is Cl.NCC1CCN(Cc2noc(C3CC3)n2)CC1. The lowest BCUT2D eigenvalue weighted by molar-refractivity contribution is 0.175. The Labute approximate surface area is 114 Å². The van der Waals surface area contributed by atoms with Crippen LogP contribution in [0.1, 0.15) is 43.3 Å². The molecule has 5 nitrogen and oxygen atoms in total. The summed E-state index contributed by atoms with van der Waals surface area (Å²) in [6.45, 7) is 3.86. The smallest absolute Gasteiger partial charge is 0.229 e. The molecule has 0 amide bonds. The molecule has 0 spiro atoms. The third-order valence-corrected chi connectivity index (χ3v) is 3.82. The average Bonchev–Trinajstić information content (AvgIpc) is 3.12. The van der Waals surface area contributed by atoms with E-state index in [0.29, 0.717) is 11.8 Å². The molecule has 0 radical (unpaired) electrons. The minimum absolute atomic E-state index is 0. The van der Waals surface area contributed by atoms with Crippen molar-refractivity contribution in [3.63, 3.8) is 0 Å². The second-order valence-corrected chi connectivity index (χ2v) is 5.28. The zero-order chi connectivity index (χ0) is 11.7. The number of hydrogen-bond donors (Lipinski definition) is 1. The van der Waals surface area contributed by atoms with E-state index in [9.17, 15) is 0 Å². The average molecular weight is 273 g/mol. The van der Waals surface area contributed by atoms with Gasteiger partial charge in [-0.05, 0) is 51.2 Å². The number of aromatic nitrogens is 2. The van der Waals surface area contributed by atoms with Gasteiger partial charge < -0.3 is 10.3 Å². The predicted molar refractivity (Wildman–Crippen MR) is 70.6 cm³/mol. The van der Waals surface area contributed by atoms with Gasteiger partial charge in [0.05, 0.1) is 6.54 Å². The second-order valence-electron chi connectivity index (χ2n) is 5.28. The van der Waals surface area contributed by atoms with Gasteiger partial charge in [0.25, 0.3) is 0 Å². The van der Waals surface area contributed by atoms with Crippen LogP contribution in [0.4, 0.5) is 0 Å². The summed E-state index contributed by atoms with van der Waals surface area (Å²) in [7, 11) is 0. The Kier molecular flexibility index (Phi) is 4.59. The van der Waals surface area contributed by atoms with Gasteiger partial charge in [-0.15, -0.1) is 12.4 Å². The molecule has 2 N–H and O–H groups in total. The molecule has 3 rings (SSSR count). The maximum Gasteiger partial charge on any atom is 0.229 e. The van der Waals surface area contributed by atoms with Crippen LogP contribution < -0.4 is 5.73 Å². The lowest BCUT2D eigenvalue weighted by atomic mass is 9.97. The van der Waals surface area contributed by atoms with E-state index in [-0.39, 0.29) is 12.4 Å². The molecule has 1 saturated carbocycles. The molecule has 2 aliphatic rings. The van der Waals surface area contributed by atoms with E-state index in [4.69, 9.17) is 10.3 Å². The van der Waals surface area contributed by atoms with Crippen molar-refractivity contribution in [1.29, 1.82) is 0 Å². The Bertz CT molecular complexity index is 372. The van der Waals surface area contributed by atoms with Crippen LogP contribution in [0.2, 0.25) is 0 Å². The van der Waals surface area contributed by atoms with Crippen molar-refractivity contribution in [2.45, 2.75) is 38.1 Å². The first kappa shape index (κ1) is 13.8. The molecule has 1 aromatic rings. The highest BCUT2D eigenvalue weighted by Gasteiger charge is 2.30. The number of halogens is 1. The maximum atomic E-state index is 5.69. The van der Waals surface area contributed by atoms with Crippen molar-refractivity contribution < 1.29 is 4.52 Å². The maximum absolute atomic E-state index is 5.69. The molecule has 1 aromatic heterocycles. The van der Waals surface area contributed by atoms with E-state index in [1.54, 1.807) is 0 Å². The molecule has 102 valence electrons. The molecule has 1 saturated heterocycles. The molecule has 2 fully saturated rings. The van der Waals surface area contributed by atoms with Crippen molar-refractivity contribution >= 4 is 12.4 Å². The summed E-state index contributed by atoms with van der Waals surface area (Å²) in [4.78, 5) is 6.86. The van der Waals surface area contributed by atoms with Crippen LogP contribution in [0.25, 0.3) is 0 Å². The molecule has 18 heavy (non-hydrogen) atoms. The topological polar surface area (TPSA) is 68.2 Å². The summed E-state index contributed by atoms with van der Waals surface area (Å²) in [6, 6.07) is 0. The van der Waals surface area contributed by atoms with Gasteiger partial charge in [-0.25, -0.2) is 0 Å². The zero-order valence-corrected chi connectivity index (χ0v) is 11.4. The van der Waals surface area contributed by atoms with Crippen LogP contribution in [0.15, 0.2) is 4.52 Å². The van der Waals surface area contributed by atoms with E-state index in [0.717, 1.165) is 37.9 Å². The van der Waals surface area contributed by atoms with E-state index >= 15 is 0 Å². The molecule has 6 heteroatoms. The first-order valence-corrected chi connectivity index (χ1v) is 6.60. The Hall–Kier alpha value is -0.650. The van der Waals surface area contributed by atoms with Crippen LogP contribution in [0.5, 0.6) is 0 Å². The minimum Gasteiger partial charge on any atom is -0.339 e. The van der Waals surface area contributed by atoms with Gasteiger partial charge in [-0.3, -0.25) is 4.90 Å². The molecule has 0 aromatic carbocycles. The fraction of sp³-hybridized carbons (Fsp3) is 0.833. The van der Waals surface area contributed by atoms with E-state index in [2.05, 4.69) is 15.0 Å². The van der Waals surface area contributed by atoms with Crippen LogP contribution in [-0.4, -0.2) is 34.7 Å². The van der Waals surface area contributed by atoms with Crippen molar-refractivity contribution in [1.82, 2.24) is 15.0 Å². The van der Waals surface area contributed by atoms with Gasteiger partial charge in [0.1, 0.15) is 0 Å². The largest absolute Gasteiger partial charge is 0.339 e. The minimum atomic E-state index is 0. The zero-order valence-electron chi connectivity index (χ0n) is 10.5. The van der Waals surface area contributed by atoms with Gasteiger partial charge in [0, 0.05) is 5.92 Å². The lowest BCUT2D eigenvalue weighted by Crippen LogP contribution is -2.35. The molecule has 0 unspecified atom stereocenters. The van der Waals surface area contributed by atoms with Crippen LogP contribution in [0.3, 0.4) is 0 Å². The highest BCUT2D eigenvalue weighted by atomic mass is 35.5. The van der Waals surface area contributed by atoms with Gasteiger partial charge >= 0.3 is 0 Å². The molecule has 0 atom stereocenters. The van der Waals surface area contributed by atoms with Gasteiger partial charge in [0.2, 0.25) is 5.89 Å². The highest BCUT2D eigenvalue weighted by molar-refractivity contribution is 5.85. The lowest BCUT2D eigenvalue weighted by Gasteiger charge is -2.30. The van der Waals surface area contributed by atoms with E-state index in [1.165, 1.54) is 25.7 Å². The first-order chi connectivity index (χ1) is 8.35. The van der Waals surface area contributed by atoms with Crippen LogP contribution >= 0.6 is 12.4 Å². The molecule has 0 bridgehead atoms. The molecular formula is C12H21ClN4O. The molecule has 1 aliphatic heterocycles. The fourth-order valence-electron chi connectivity index (χ4n) is 2.41. The van der Waals surface area contributed by atoms with Crippen molar-refractivity contribution in [3.05, 3.63) is 11.7 Å². The number of rotatable bonds is 4. The van der Waals surface area contributed by atoms with Gasteiger partial charge in [-0.1, -0.05) is 5.16 Å². The standard InChI is InChI=1S/C12H20N4O.ClH/c13-7-9-3-5-16(6-4-9)8-11-14-12(17-15-11)10-1-2-10;/h9-10H,1-8,13H2;1H. The van der Waals surface area contributed by atoms with Gasteiger partial charge in [0.15, 0.2) is 5.82 Å². The Morgan fingerprint density at radius 3 is 2.56 bits per heavy atom. The number of nitrogens with zero attached hydrogens (tertiary/aromatic N) is 3. The number of nitrogens with two attached hydrogens (primary N) is 1. The number of hydrogen-bond acceptors (Lipinski definition) is 5. The summed E-state index contributed by atoms with van der Waals surface area (Å²) in [5.41, 5.74) is 5.69. The Morgan fingerprint density at radius 2 is 1.94 bits per heavy atom. The van der Waals surface area contributed by atoms with Crippen LogP contribution in [0, 0.1) is 5.92 Å². The molecule has 1 aliphatic carbocycles. The third kappa shape index (κ3) is 3.22. The normalized spacial score (nSPS) is 21.8. The summed E-state index contributed by atoms with van der Waals surface area (Å²) >= 11 is 0. The number of piperidine rings is 1. The molecular weight excluding hydrogens is 252 g/mol. The van der Waals surface area contributed by atoms with Crippen LogP contribution in [-0.2, 0) is 6.54 Å². The molecule has 2 heterocycles. The van der Waals surface area contributed by atoms with Gasteiger partial charge in [-0.2, -0.15) is 4.98 Å². The fourth-order valence-corrected chi connectivity index (χ4v) is 2.41. The highest BCUT2D eigenvalue weighted by Crippen LogP contribution is 2.38. The summed E-state index contributed by atoms with van der Waals surface area (Å²) < 4.78 is 5.26. The Morgan fingerprint density at radius 1 is 1.22 bits per heavy atom. The first-order valence-electron chi connectivity index (χ1n) is 6.60. The summed E-state index contributed by atoms with van der Waals surface area (Å²) in [6.07, 6.45) is 4.82. The second kappa shape index (κ2) is 5.99. The summed E-state index contributed by atoms with van der Waals surface area (Å²) in [5.74, 6) is 2.95. The monoisotopic (exact) mass is 272 g/mol. The third-order valence-electron chi connectivity index (χ3n) is 3.82. The Balaban J connectivity index is 0.00000120. The number of likely N-dealkylation sites (tertiary alicyclic amines) is 1. The van der Waals surface area contributed by atoms with E-state index < -0.39 is 0 Å².